The van der Waals surface area contributed by atoms with Gasteiger partial charge >= 0.3 is 0 Å². The van der Waals surface area contributed by atoms with Crippen molar-refractivity contribution in [3.63, 3.8) is 0 Å². The summed E-state index contributed by atoms with van der Waals surface area (Å²) < 4.78 is 4.88. The number of anilines is 1. The zero-order valence-corrected chi connectivity index (χ0v) is 9.36. The van der Waals surface area contributed by atoms with E-state index in [1.54, 1.807) is 12.4 Å². The predicted octanol–water partition coefficient (Wildman–Crippen LogP) is 0.961. The largest absolute Gasteiger partial charge is 0.364 e. The van der Waals surface area contributed by atoms with Crippen LogP contribution in [0.3, 0.4) is 0 Å². The first-order chi connectivity index (χ1) is 7.19. The van der Waals surface area contributed by atoms with E-state index in [0.29, 0.717) is 5.95 Å². The summed E-state index contributed by atoms with van der Waals surface area (Å²) in [7, 11) is 1.49. The van der Waals surface area contributed by atoms with E-state index in [9.17, 15) is 4.79 Å². The Morgan fingerprint density at radius 1 is 1.53 bits per heavy atom. The number of nitrogens with zero attached hydrogens (tertiary/aromatic N) is 3. The van der Waals surface area contributed by atoms with Gasteiger partial charge in [-0.1, -0.05) is 0 Å². The maximum Gasteiger partial charge on any atom is 0.246 e. The van der Waals surface area contributed by atoms with Gasteiger partial charge in [0, 0.05) is 19.5 Å². The highest BCUT2D eigenvalue weighted by Crippen LogP contribution is 2.07. The third kappa shape index (κ3) is 3.14. The van der Waals surface area contributed by atoms with Gasteiger partial charge in [-0.3, -0.25) is 9.69 Å². The number of aromatic nitrogens is 2. The zero-order valence-electron chi connectivity index (χ0n) is 8.61. The van der Waals surface area contributed by atoms with E-state index < -0.39 is 0 Å². The number of amides is 1. The molecule has 0 spiro atoms. The Labute approximate surface area is 93.0 Å². The molecular weight excluding hydrogens is 218 g/mol. The Kier molecular flexibility index (Phi) is 4.45. The van der Waals surface area contributed by atoms with E-state index in [2.05, 4.69) is 9.97 Å². The Bertz CT molecular complexity index is 329. The van der Waals surface area contributed by atoms with Crippen molar-refractivity contribution in [2.45, 2.75) is 6.92 Å². The maximum absolute atomic E-state index is 11.4. The van der Waals surface area contributed by atoms with Crippen LogP contribution in [0.2, 0.25) is 0 Å². The van der Waals surface area contributed by atoms with Gasteiger partial charge in [-0.15, -0.1) is 11.6 Å². The van der Waals surface area contributed by atoms with Crippen LogP contribution < -0.4 is 4.90 Å². The van der Waals surface area contributed by atoms with Gasteiger partial charge in [-0.25, -0.2) is 9.97 Å². The van der Waals surface area contributed by atoms with Crippen LogP contribution in [0.4, 0.5) is 5.95 Å². The van der Waals surface area contributed by atoms with Crippen molar-refractivity contribution in [2.24, 2.45) is 0 Å². The number of halogens is 1. The fourth-order valence-electron chi connectivity index (χ4n) is 0.968. The fraction of sp³-hybridized carbons (Fsp3) is 0.444. The SMILES string of the molecule is COCN(C(=O)CCl)c1ncc(C)cn1. The molecule has 0 fully saturated rings. The number of ether oxygens (including phenoxy) is 1. The molecular formula is C9H12ClN3O2. The first kappa shape index (κ1) is 11.9. The topological polar surface area (TPSA) is 55.3 Å². The molecule has 15 heavy (non-hydrogen) atoms. The van der Waals surface area contributed by atoms with Gasteiger partial charge in [0.05, 0.1) is 0 Å². The van der Waals surface area contributed by atoms with E-state index >= 15 is 0 Å². The number of methoxy groups -OCH3 is 1. The lowest BCUT2D eigenvalue weighted by atomic mass is 10.4. The third-order valence-electron chi connectivity index (χ3n) is 1.68. The fourth-order valence-corrected chi connectivity index (χ4v) is 1.11. The standard InChI is InChI=1S/C9H12ClN3O2/c1-7-4-11-9(12-5-7)13(6-15-2)8(14)3-10/h4-5H,3,6H2,1-2H3. The second kappa shape index (κ2) is 5.63. The summed E-state index contributed by atoms with van der Waals surface area (Å²) in [5.41, 5.74) is 0.925. The van der Waals surface area contributed by atoms with Crippen LogP contribution in [0.25, 0.3) is 0 Å². The van der Waals surface area contributed by atoms with Crippen LogP contribution in [0.5, 0.6) is 0 Å². The maximum atomic E-state index is 11.4. The number of rotatable bonds is 4. The molecule has 1 aromatic heterocycles. The summed E-state index contributed by atoms with van der Waals surface area (Å²) >= 11 is 5.46. The first-order valence-corrected chi connectivity index (χ1v) is 4.86. The molecule has 0 atom stereocenters. The van der Waals surface area contributed by atoms with Crippen molar-refractivity contribution in [1.82, 2.24) is 9.97 Å². The average Bonchev–Trinajstić information content (AvgIpc) is 2.26. The lowest BCUT2D eigenvalue weighted by Crippen LogP contribution is -2.35. The number of carbonyl (C=O) groups excluding carboxylic acids is 1. The highest BCUT2D eigenvalue weighted by molar-refractivity contribution is 6.29. The highest BCUT2D eigenvalue weighted by atomic mass is 35.5. The van der Waals surface area contributed by atoms with Gasteiger partial charge in [0.2, 0.25) is 11.9 Å². The monoisotopic (exact) mass is 229 g/mol. The van der Waals surface area contributed by atoms with Gasteiger partial charge in [0.1, 0.15) is 12.6 Å². The molecule has 0 aliphatic heterocycles. The van der Waals surface area contributed by atoms with Crippen molar-refractivity contribution in [2.75, 3.05) is 24.6 Å². The molecule has 0 bridgehead atoms. The predicted molar refractivity (Wildman–Crippen MR) is 56.9 cm³/mol. The molecule has 0 unspecified atom stereocenters. The normalized spacial score (nSPS) is 10.1. The van der Waals surface area contributed by atoms with Gasteiger partial charge in [-0.05, 0) is 12.5 Å². The Morgan fingerprint density at radius 3 is 2.60 bits per heavy atom. The Morgan fingerprint density at radius 2 is 2.13 bits per heavy atom. The van der Waals surface area contributed by atoms with Crippen LogP contribution in [-0.4, -0.2) is 35.6 Å². The van der Waals surface area contributed by atoms with Crippen LogP contribution in [0.15, 0.2) is 12.4 Å². The summed E-state index contributed by atoms with van der Waals surface area (Å²) in [6, 6.07) is 0. The lowest BCUT2D eigenvalue weighted by molar-refractivity contribution is -0.117. The van der Waals surface area contributed by atoms with Gasteiger partial charge < -0.3 is 4.74 Å². The molecule has 82 valence electrons. The molecule has 1 amide bonds. The third-order valence-corrected chi connectivity index (χ3v) is 1.91. The van der Waals surface area contributed by atoms with E-state index in [1.165, 1.54) is 12.0 Å². The first-order valence-electron chi connectivity index (χ1n) is 4.33. The van der Waals surface area contributed by atoms with E-state index in [0.717, 1.165) is 5.56 Å². The quantitative estimate of drug-likeness (QED) is 0.570. The molecule has 5 nitrogen and oxygen atoms in total. The van der Waals surface area contributed by atoms with Crippen molar-refractivity contribution < 1.29 is 9.53 Å². The molecule has 1 heterocycles. The van der Waals surface area contributed by atoms with Crippen molar-refractivity contribution in [3.8, 4) is 0 Å². The molecule has 6 heteroatoms. The molecule has 1 rings (SSSR count). The van der Waals surface area contributed by atoms with Crippen LogP contribution in [0, 0.1) is 6.92 Å². The molecule has 0 N–H and O–H groups in total. The van der Waals surface area contributed by atoms with Crippen molar-refractivity contribution >= 4 is 23.5 Å². The molecule has 0 radical (unpaired) electrons. The summed E-state index contributed by atoms with van der Waals surface area (Å²) in [6.45, 7) is 1.96. The average molecular weight is 230 g/mol. The number of carbonyl (C=O) groups is 1. The van der Waals surface area contributed by atoms with Gasteiger partial charge in [0.25, 0.3) is 0 Å². The van der Waals surface area contributed by atoms with Crippen LogP contribution in [0.1, 0.15) is 5.56 Å². The second-order valence-electron chi connectivity index (χ2n) is 2.93. The van der Waals surface area contributed by atoms with Crippen LogP contribution >= 0.6 is 11.6 Å². The minimum Gasteiger partial charge on any atom is -0.364 e. The minimum absolute atomic E-state index is 0.0919. The Balaban J connectivity index is 2.88. The molecule has 0 aliphatic rings. The summed E-state index contributed by atoms with van der Waals surface area (Å²) in [4.78, 5) is 20.7. The van der Waals surface area contributed by atoms with Crippen molar-refractivity contribution in [1.29, 1.82) is 0 Å². The number of hydrogen-bond acceptors (Lipinski definition) is 4. The number of alkyl halides is 1. The number of aryl methyl sites for hydroxylation is 1. The number of hydrogen-bond donors (Lipinski definition) is 0. The summed E-state index contributed by atoms with van der Waals surface area (Å²) in [5, 5.41) is 0. The smallest absolute Gasteiger partial charge is 0.246 e. The Hall–Kier alpha value is -1.20. The van der Waals surface area contributed by atoms with E-state index in [4.69, 9.17) is 16.3 Å². The van der Waals surface area contributed by atoms with Gasteiger partial charge in [-0.2, -0.15) is 0 Å². The zero-order chi connectivity index (χ0) is 11.3. The second-order valence-corrected chi connectivity index (χ2v) is 3.20. The molecule has 0 saturated heterocycles. The van der Waals surface area contributed by atoms with Crippen molar-refractivity contribution in [3.05, 3.63) is 18.0 Å². The lowest BCUT2D eigenvalue weighted by Gasteiger charge is -2.18. The molecule has 1 aromatic rings. The van der Waals surface area contributed by atoms with E-state index in [-0.39, 0.29) is 18.5 Å². The van der Waals surface area contributed by atoms with Crippen LogP contribution in [-0.2, 0) is 9.53 Å². The molecule has 0 aromatic carbocycles. The van der Waals surface area contributed by atoms with E-state index in [1.807, 2.05) is 6.92 Å². The highest BCUT2D eigenvalue weighted by Gasteiger charge is 2.16. The van der Waals surface area contributed by atoms with Gasteiger partial charge in [0.15, 0.2) is 0 Å². The molecule has 0 aliphatic carbocycles. The minimum atomic E-state index is -0.289. The summed E-state index contributed by atoms with van der Waals surface area (Å²) in [6.07, 6.45) is 3.26. The summed E-state index contributed by atoms with van der Waals surface area (Å²) in [5.74, 6) is -0.115. The molecule has 0 saturated carbocycles.